The van der Waals surface area contributed by atoms with E-state index in [0.29, 0.717) is 15.8 Å². The van der Waals surface area contributed by atoms with Gasteiger partial charge in [-0.05, 0) is 43.0 Å². The van der Waals surface area contributed by atoms with Crippen LogP contribution in [0, 0.1) is 6.92 Å². The second kappa shape index (κ2) is 6.14. The Morgan fingerprint density at radius 1 is 1.26 bits per heavy atom. The zero-order valence-electron chi connectivity index (χ0n) is 10.7. The van der Waals surface area contributed by atoms with Crippen LogP contribution in [0.5, 0.6) is 5.75 Å². The maximum atomic E-state index is 6.13. The number of thiophene rings is 1. The van der Waals surface area contributed by atoms with Crippen molar-refractivity contribution in [3.63, 3.8) is 0 Å². The zero-order valence-corrected chi connectivity index (χ0v) is 13.0. The van der Waals surface area contributed by atoms with E-state index < -0.39 is 0 Å². The van der Waals surface area contributed by atoms with Crippen molar-refractivity contribution in [3.8, 4) is 5.75 Å². The van der Waals surface area contributed by atoms with Crippen LogP contribution in [-0.4, -0.2) is 6.04 Å². The van der Waals surface area contributed by atoms with Gasteiger partial charge < -0.3 is 10.5 Å². The summed E-state index contributed by atoms with van der Waals surface area (Å²) in [5.41, 5.74) is 7.21. The van der Waals surface area contributed by atoms with E-state index in [1.807, 2.05) is 19.2 Å². The minimum Gasteiger partial charge on any atom is -0.482 e. The Morgan fingerprint density at radius 3 is 2.58 bits per heavy atom. The molecule has 0 amide bonds. The van der Waals surface area contributed by atoms with Crippen molar-refractivity contribution in [3.05, 3.63) is 50.1 Å². The monoisotopic (exact) mass is 315 g/mol. The zero-order chi connectivity index (χ0) is 14.0. The lowest BCUT2D eigenvalue weighted by molar-refractivity contribution is 0.183. The first-order chi connectivity index (χ1) is 8.99. The molecule has 2 nitrogen and oxygen atoms in total. The highest BCUT2D eigenvalue weighted by atomic mass is 35.5. The van der Waals surface area contributed by atoms with Crippen molar-refractivity contribution in [2.24, 2.45) is 5.73 Å². The van der Waals surface area contributed by atoms with Crippen LogP contribution in [0.1, 0.15) is 23.5 Å². The van der Waals surface area contributed by atoms with Crippen LogP contribution in [0.3, 0.4) is 0 Å². The molecule has 2 N–H and O–H groups in total. The van der Waals surface area contributed by atoms with Gasteiger partial charge in [0.15, 0.2) is 0 Å². The fourth-order valence-corrected chi connectivity index (χ4v) is 3.17. The molecular weight excluding hydrogens is 301 g/mol. The van der Waals surface area contributed by atoms with Gasteiger partial charge in [-0.2, -0.15) is 0 Å². The molecule has 0 bridgehead atoms. The smallest absolute Gasteiger partial charge is 0.148 e. The molecule has 1 heterocycles. The molecule has 1 aromatic heterocycles. The van der Waals surface area contributed by atoms with Gasteiger partial charge in [0.1, 0.15) is 11.9 Å². The number of hydrogen-bond acceptors (Lipinski definition) is 3. The largest absolute Gasteiger partial charge is 0.482 e. The molecule has 102 valence electrons. The summed E-state index contributed by atoms with van der Waals surface area (Å²) in [5.74, 6) is 0.560. The van der Waals surface area contributed by atoms with E-state index in [2.05, 4.69) is 6.07 Å². The molecule has 2 aromatic rings. The highest BCUT2D eigenvalue weighted by molar-refractivity contribution is 7.10. The van der Waals surface area contributed by atoms with Gasteiger partial charge in [0.25, 0.3) is 0 Å². The van der Waals surface area contributed by atoms with Crippen LogP contribution < -0.4 is 10.5 Å². The Bertz CT molecular complexity index is 568. The summed E-state index contributed by atoms with van der Waals surface area (Å²) in [6, 6.07) is 7.07. The maximum Gasteiger partial charge on any atom is 0.148 e. The number of halogens is 2. The minimum atomic E-state index is -0.226. The van der Waals surface area contributed by atoms with Crippen LogP contribution in [0.25, 0.3) is 0 Å². The second-order valence-corrected chi connectivity index (χ2v) is 6.23. The van der Waals surface area contributed by atoms with Gasteiger partial charge in [-0.15, -0.1) is 11.3 Å². The molecule has 0 spiro atoms. The standard InChI is InChI=1S/C14H15Cl2NOS/c1-8-5-6-19-14(8)13(9(2)17)18-12-7-10(15)3-4-11(12)16/h3-7,9,13H,17H2,1-2H3. The third-order valence-corrected chi connectivity index (χ3v) is 4.41. The van der Waals surface area contributed by atoms with Gasteiger partial charge in [0.05, 0.1) is 5.02 Å². The highest BCUT2D eigenvalue weighted by Gasteiger charge is 2.22. The molecule has 0 saturated heterocycles. The molecule has 0 aliphatic carbocycles. The number of rotatable bonds is 4. The van der Waals surface area contributed by atoms with Crippen LogP contribution >= 0.6 is 34.5 Å². The molecule has 0 aliphatic heterocycles. The lowest BCUT2D eigenvalue weighted by Crippen LogP contribution is -2.28. The average Bonchev–Trinajstić information content (AvgIpc) is 2.76. The van der Waals surface area contributed by atoms with E-state index in [1.165, 1.54) is 5.56 Å². The summed E-state index contributed by atoms with van der Waals surface area (Å²) in [4.78, 5) is 1.12. The summed E-state index contributed by atoms with van der Waals surface area (Å²) < 4.78 is 5.98. The average molecular weight is 316 g/mol. The Hall–Kier alpha value is -0.740. The highest BCUT2D eigenvalue weighted by Crippen LogP contribution is 2.35. The third-order valence-electron chi connectivity index (χ3n) is 2.78. The van der Waals surface area contributed by atoms with E-state index in [0.717, 1.165) is 4.88 Å². The van der Waals surface area contributed by atoms with E-state index >= 15 is 0 Å². The molecule has 19 heavy (non-hydrogen) atoms. The van der Waals surface area contributed by atoms with Crippen molar-refractivity contribution in [2.75, 3.05) is 0 Å². The van der Waals surface area contributed by atoms with E-state index in [9.17, 15) is 0 Å². The van der Waals surface area contributed by atoms with E-state index in [-0.39, 0.29) is 12.1 Å². The van der Waals surface area contributed by atoms with E-state index in [4.69, 9.17) is 33.7 Å². The summed E-state index contributed by atoms with van der Waals surface area (Å²) in [7, 11) is 0. The first kappa shape index (κ1) is 14.7. The first-order valence-electron chi connectivity index (χ1n) is 5.90. The number of hydrogen-bond donors (Lipinski definition) is 1. The Balaban J connectivity index is 2.32. The van der Waals surface area contributed by atoms with Crippen LogP contribution in [0.4, 0.5) is 0 Å². The van der Waals surface area contributed by atoms with Crippen molar-refractivity contribution in [2.45, 2.75) is 26.0 Å². The quantitative estimate of drug-likeness (QED) is 0.877. The summed E-state index contributed by atoms with van der Waals surface area (Å²) in [6.07, 6.45) is -0.226. The molecule has 0 aliphatic rings. The predicted octanol–water partition coefficient (Wildman–Crippen LogP) is 4.83. The molecule has 2 rings (SSSR count). The van der Waals surface area contributed by atoms with Crippen molar-refractivity contribution in [1.29, 1.82) is 0 Å². The molecule has 1 aromatic carbocycles. The molecule has 0 fully saturated rings. The van der Waals surface area contributed by atoms with E-state index in [1.54, 1.807) is 29.5 Å². The minimum absolute atomic E-state index is 0.146. The number of ether oxygens (including phenoxy) is 1. The molecule has 5 heteroatoms. The first-order valence-corrected chi connectivity index (χ1v) is 7.54. The lowest BCUT2D eigenvalue weighted by atomic mass is 10.1. The number of benzene rings is 1. The van der Waals surface area contributed by atoms with Gasteiger partial charge in [-0.1, -0.05) is 23.2 Å². The van der Waals surface area contributed by atoms with Crippen LogP contribution in [0.15, 0.2) is 29.6 Å². The number of nitrogens with two attached hydrogens (primary N) is 1. The SMILES string of the molecule is Cc1ccsc1C(Oc1cc(Cl)ccc1Cl)C(C)N. The maximum absolute atomic E-state index is 6.13. The summed E-state index contributed by atoms with van der Waals surface area (Å²) in [5, 5.41) is 3.15. The molecule has 0 saturated carbocycles. The van der Waals surface area contributed by atoms with Crippen LogP contribution in [-0.2, 0) is 0 Å². The second-order valence-electron chi connectivity index (χ2n) is 4.44. The van der Waals surface area contributed by atoms with Crippen molar-refractivity contribution < 1.29 is 4.74 Å². The molecule has 2 unspecified atom stereocenters. The third kappa shape index (κ3) is 3.42. The molecule has 2 atom stereocenters. The Labute approximate surface area is 127 Å². The van der Waals surface area contributed by atoms with Gasteiger partial charge in [-0.3, -0.25) is 0 Å². The van der Waals surface area contributed by atoms with Crippen LogP contribution in [0.2, 0.25) is 10.0 Å². The number of aryl methyl sites for hydroxylation is 1. The fourth-order valence-electron chi connectivity index (χ4n) is 1.78. The van der Waals surface area contributed by atoms with Gasteiger partial charge in [0.2, 0.25) is 0 Å². The predicted molar refractivity (Wildman–Crippen MR) is 82.5 cm³/mol. The van der Waals surface area contributed by atoms with Crippen molar-refractivity contribution >= 4 is 34.5 Å². The topological polar surface area (TPSA) is 35.2 Å². The van der Waals surface area contributed by atoms with Crippen molar-refractivity contribution in [1.82, 2.24) is 0 Å². The summed E-state index contributed by atoms with van der Waals surface area (Å²) >= 11 is 13.7. The Kier molecular flexibility index (Phi) is 4.74. The fraction of sp³-hybridized carbons (Fsp3) is 0.286. The molecular formula is C14H15Cl2NOS. The normalized spacial score (nSPS) is 14.2. The van der Waals surface area contributed by atoms with Gasteiger partial charge >= 0.3 is 0 Å². The molecule has 0 radical (unpaired) electrons. The summed E-state index contributed by atoms with van der Waals surface area (Å²) in [6.45, 7) is 3.96. The lowest BCUT2D eigenvalue weighted by Gasteiger charge is -2.23. The van der Waals surface area contributed by atoms with Gasteiger partial charge in [-0.25, -0.2) is 0 Å². The Morgan fingerprint density at radius 2 is 2.00 bits per heavy atom. The van der Waals surface area contributed by atoms with Gasteiger partial charge in [0, 0.05) is 22.0 Å².